The van der Waals surface area contributed by atoms with Gasteiger partial charge in [0, 0.05) is 44.1 Å². The summed E-state index contributed by atoms with van der Waals surface area (Å²) in [5.74, 6) is 0. The highest BCUT2D eigenvalue weighted by molar-refractivity contribution is 5.90. The fourth-order valence-corrected chi connectivity index (χ4v) is 5.19. The Morgan fingerprint density at radius 1 is 0.692 bits per heavy atom. The van der Waals surface area contributed by atoms with Gasteiger partial charge in [0.1, 0.15) is 0 Å². The van der Waals surface area contributed by atoms with Crippen LogP contribution in [-0.2, 0) is 0 Å². The summed E-state index contributed by atoms with van der Waals surface area (Å²) < 4.78 is 0. The fourth-order valence-electron chi connectivity index (χ4n) is 5.19. The molecule has 0 spiro atoms. The molecule has 0 saturated carbocycles. The van der Waals surface area contributed by atoms with Crippen LogP contribution < -0.4 is 0 Å². The number of aliphatic imine (C=N–C) groups is 2. The maximum absolute atomic E-state index is 5.22. The molecular weight excluding hydrogens is 322 g/mol. The van der Waals surface area contributed by atoms with E-state index in [0.29, 0.717) is 12.1 Å². The lowest BCUT2D eigenvalue weighted by Gasteiger charge is -2.35. The van der Waals surface area contributed by atoms with Crippen molar-refractivity contribution in [2.75, 3.05) is 59.4 Å². The zero-order valence-corrected chi connectivity index (χ0v) is 16.7. The number of nitrogens with zero attached hydrogens (tertiary/aromatic N) is 5. The minimum Gasteiger partial charge on any atom is -0.306 e. The highest BCUT2D eigenvalue weighted by atomic mass is 15.2. The summed E-state index contributed by atoms with van der Waals surface area (Å²) in [5, 5.41) is 0. The molecule has 0 fully saturated rings. The van der Waals surface area contributed by atoms with Gasteiger partial charge in [0.25, 0.3) is 0 Å². The Balaban J connectivity index is 1.62. The number of hydrogen-bond donors (Lipinski definition) is 0. The third-order valence-electron chi connectivity index (χ3n) is 6.51. The molecule has 0 aliphatic carbocycles. The Labute approximate surface area is 159 Å². The second-order valence-electron chi connectivity index (χ2n) is 8.96. The smallest absolute Gasteiger partial charge is 0.0626 e. The first kappa shape index (κ1) is 18.6. The third-order valence-corrected chi connectivity index (χ3v) is 6.51. The van der Waals surface area contributed by atoms with Gasteiger partial charge in [-0.3, -0.25) is 19.8 Å². The highest BCUT2D eigenvalue weighted by Gasteiger charge is 2.25. The van der Waals surface area contributed by atoms with Crippen LogP contribution in [-0.4, -0.2) is 97.6 Å². The highest BCUT2D eigenvalue weighted by Crippen LogP contribution is 2.21. The van der Waals surface area contributed by atoms with E-state index in [9.17, 15) is 0 Å². The van der Waals surface area contributed by atoms with Gasteiger partial charge in [-0.15, -0.1) is 0 Å². The molecule has 5 heterocycles. The molecule has 5 aliphatic heterocycles. The van der Waals surface area contributed by atoms with Crippen LogP contribution in [0.25, 0.3) is 0 Å². The summed E-state index contributed by atoms with van der Waals surface area (Å²) in [6.07, 6.45) is 10.2. The molecule has 2 unspecified atom stereocenters. The Bertz CT molecular complexity index is 492. The number of hydrogen-bond acceptors (Lipinski definition) is 5. The van der Waals surface area contributed by atoms with Gasteiger partial charge in [0.05, 0.1) is 12.1 Å². The Hall–Kier alpha value is -0.780. The molecule has 0 aromatic heterocycles. The molecule has 0 amide bonds. The van der Waals surface area contributed by atoms with Crippen molar-refractivity contribution in [3.05, 3.63) is 0 Å². The van der Waals surface area contributed by atoms with Gasteiger partial charge in [-0.25, -0.2) is 0 Å². The van der Waals surface area contributed by atoms with Crippen LogP contribution in [0.15, 0.2) is 9.98 Å². The van der Waals surface area contributed by atoms with Gasteiger partial charge < -0.3 is 4.90 Å². The molecule has 0 saturated heterocycles. The van der Waals surface area contributed by atoms with E-state index in [4.69, 9.17) is 9.98 Å². The van der Waals surface area contributed by atoms with E-state index in [1.54, 1.807) is 0 Å². The van der Waals surface area contributed by atoms with E-state index < -0.39 is 0 Å². The Morgan fingerprint density at radius 3 is 1.81 bits per heavy atom. The van der Waals surface area contributed by atoms with Crippen LogP contribution in [0.1, 0.15) is 51.4 Å². The van der Waals surface area contributed by atoms with E-state index in [-0.39, 0.29) is 0 Å². The van der Waals surface area contributed by atoms with Gasteiger partial charge in [-0.1, -0.05) is 0 Å². The molecule has 26 heavy (non-hydrogen) atoms. The molecule has 5 nitrogen and oxygen atoms in total. The second-order valence-corrected chi connectivity index (χ2v) is 8.96. The van der Waals surface area contributed by atoms with Crippen LogP contribution in [0.3, 0.4) is 0 Å². The third kappa shape index (κ3) is 5.14. The van der Waals surface area contributed by atoms with Crippen LogP contribution in [0.5, 0.6) is 0 Å². The van der Waals surface area contributed by atoms with Crippen LogP contribution >= 0.6 is 0 Å². The van der Waals surface area contributed by atoms with Gasteiger partial charge in [-0.2, -0.15) is 0 Å². The summed E-state index contributed by atoms with van der Waals surface area (Å²) in [5.41, 5.74) is 2.92. The summed E-state index contributed by atoms with van der Waals surface area (Å²) in [7, 11) is 2.30. The van der Waals surface area contributed by atoms with Crippen LogP contribution in [0.4, 0.5) is 0 Å². The average Bonchev–Trinajstić information content (AvgIpc) is 2.61. The van der Waals surface area contributed by atoms with E-state index in [1.165, 1.54) is 89.0 Å². The summed E-state index contributed by atoms with van der Waals surface area (Å²) in [6, 6.07) is 1.04. The van der Waals surface area contributed by atoms with Crippen molar-refractivity contribution in [3.63, 3.8) is 0 Å². The van der Waals surface area contributed by atoms with E-state index in [1.807, 2.05) is 0 Å². The van der Waals surface area contributed by atoms with Crippen molar-refractivity contribution in [1.82, 2.24) is 14.7 Å². The van der Waals surface area contributed by atoms with Crippen molar-refractivity contribution in [3.8, 4) is 0 Å². The molecule has 5 aliphatic rings. The molecule has 0 aromatic carbocycles. The normalized spacial score (nSPS) is 37.6. The molecule has 5 rings (SSSR count). The minimum atomic E-state index is 0.521. The van der Waals surface area contributed by atoms with Gasteiger partial charge in [0.2, 0.25) is 0 Å². The topological polar surface area (TPSA) is 34.4 Å². The van der Waals surface area contributed by atoms with Gasteiger partial charge in [0.15, 0.2) is 0 Å². The molecule has 6 bridgehead atoms. The SMILES string of the molecule is CN1CCCN2CC3=NC(CCC3)CN(CCC1)CC1CCCC(=N1)C2. The van der Waals surface area contributed by atoms with Crippen molar-refractivity contribution >= 4 is 11.4 Å². The quantitative estimate of drug-likeness (QED) is 0.666. The predicted octanol–water partition coefficient (Wildman–Crippen LogP) is 2.32. The Morgan fingerprint density at radius 2 is 1.23 bits per heavy atom. The van der Waals surface area contributed by atoms with Crippen molar-refractivity contribution in [2.45, 2.75) is 63.5 Å². The van der Waals surface area contributed by atoms with Crippen molar-refractivity contribution in [1.29, 1.82) is 0 Å². The zero-order chi connectivity index (χ0) is 17.8. The van der Waals surface area contributed by atoms with Crippen molar-refractivity contribution < 1.29 is 0 Å². The maximum atomic E-state index is 5.22. The van der Waals surface area contributed by atoms with E-state index in [0.717, 1.165) is 26.2 Å². The first-order valence-electron chi connectivity index (χ1n) is 11.0. The average molecular weight is 360 g/mol. The molecule has 146 valence electrons. The molecule has 2 atom stereocenters. The van der Waals surface area contributed by atoms with E-state index in [2.05, 4.69) is 21.7 Å². The number of rotatable bonds is 0. The zero-order valence-electron chi connectivity index (χ0n) is 16.7. The lowest BCUT2D eigenvalue weighted by Crippen LogP contribution is -2.44. The van der Waals surface area contributed by atoms with Crippen LogP contribution in [0.2, 0.25) is 0 Å². The largest absolute Gasteiger partial charge is 0.306 e. The number of fused-ring (bicyclic) bond motifs is 6. The van der Waals surface area contributed by atoms with Crippen molar-refractivity contribution in [2.24, 2.45) is 9.98 Å². The lowest BCUT2D eigenvalue weighted by atomic mass is 9.98. The second kappa shape index (κ2) is 8.94. The molecule has 0 N–H and O–H groups in total. The Kier molecular flexibility index (Phi) is 6.39. The first-order chi connectivity index (χ1) is 12.7. The summed E-state index contributed by atoms with van der Waals surface area (Å²) in [6.45, 7) is 9.26. The molecule has 0 aromatic rings. The molecular formula is C21H37N5. The summed E-state index contributed by atoms with van der Waals surface area (Å²) >= 11 is 0. The van der Waals surface area contributed by atoms with Gasteiger partial charge >= 0.3 is 0 Å². The fraction of sp³-hybridized carbons (Fsp3) is 0.905. The predicted molar refractivity (Wildman–Crippen MR) is 110 cm³/mol. The van der Waals surface area contributed by atoms with Gasteiger partial charge in [-0.05, 0) is 78.0 Å². The monoisotopic (exact) mass is 359 g/mol. The minimum absolute atomic E-state index is 0.521. The molecule has 0 radical (unpaired) electrons. The first-order valence-corrected chi connectivity index (χ1v) is 11.0. The van der Waals surface area contributed by atoms with Crippen LogP contribution in [0, 0.1) is 0 Å². The lowest BCUT2D eigenvalue weighted by molar-refractivity contribution is 0.205. The maximum Gasteiger partial charge on any atom is 0.0626 e. The van der Waals surface area contributed by atoms with E-state index >= 15 is 0 Å². The molecule has 5 heteroatoms. The standard InChI is InChI=1S/C21H37N5/c1-24-10-4-12-25-14-18-6-2-7-19(22-18)15-26(13-5-11-24)17-21-9-3-8-20(16-25)23-21/h18,20H,2-17H2,1H3. The summed E-state index contributed by atoms with van der Waals surface area (Å²) in [4.78, 5) is 18.3.